The summed E-state index contributed by atoms with van der Waals surface area (Å²) in [5.74, 6) is 1.35. The standard InChI is InChI=1S/C16H19ClN4OS/c17-13-7-4-3-6-12(13)10-18-15(22)11-23-16-20-19-14-8-2-1-5-9-21(14)16/h3-4,6-7H,1-2,5,8-11H2,(H,18,22). The van der Waals surface area contributed by atoms with Gasteiger partial charge in [0, 0.05) is 24.5 Å². The van der Waals surface area contributed by atoms with Crippen molar-refractivity contribution < 1.29 is 4.79 Å². The lowest BCUT2D eigenvalue weighted by Crippen LogP contribution is -2.24. The van der Waals surface area contributed by atoms with Crippen LogP contribution in [0.3, 0.4) is 0 Å². The largest absolute Gasteiger partial charge is 0.351 e. The lowest BCUT2D eigenvalue weighted by atomic mass is 10.2. The molecule has 1 aromatic carbocycles. The Morgan fingerprint density at radius 2 is 2.13 bits per heavy atom. The summed E-state index contributed by atoms with van der Waals surface area (Å²) in [6.45, 7) is 1.39. The SMILES string of the molecule is O=C(CSc1nnc2n1CCCCC2)NCc1ccccc1Cl. The Balaban J connectivity index is 1.51. The molecule has 0 fully saturated rings. The second kappa shape index (κ2) is 7.84. The van der Waals surface area contributed by atoms with Crippen LogP contribution in [0.4, 0.5) is 0 Å². The highest BCUT2D eigenvalue weighted by molar-refractivity contribution is 7.99. The molecular weight excluding hydrogens is 332 g/mol. The van der Waals surface area contributed by atoms with E-state index in [0.29, 0.717) is 17.3 Å². The maximum atomic E-state index is 12.0. The molecule has 23 heavy (non-hydrogen) atoms. The number of amides is 1. The zero-order valence-corrected chi connectivity index (χ0v) is 14.4. The maximum Gasteiger partial charge on any atom is 0.230 e. The fourth-order valence-corrected chi connectivity index (χ4v) is 3.60. The fourth-order valence-electron chi connectivity index (χ4n) is 2.58. The number of thioether (sulfide) groups is 1. The molecule has 7 heteroatoms. The van der Waals surface area contributed by atoms with Gasteiger partial charge in [-0.25, -0.2) is 0 Å². The van der Waals surface area contributed by atoms with Crippen LogP contribution in [0.25, 0.3) is 0 Å². The third-order valence-corrected chi connectivity index (χ3v) is 5.18. The first kappa shape index (κ1) is 16.3. The lowest BCUT2D eigenvalue weighted by Gasteiger charge is -2.08. The molecule has 0 unspecified atom stereocenters. The number of benzene rings is 1. The Bertz CT molecular complexity index is 688. The molecule has 122 valence electrons. The average Bonchev–Trinajstić information content (AvgIpc) is 2.78. The van der Waals surface area contributed by atoms with E-state index in [2.05, 4.69) is 20.1 Å². The third-order valence-electron chi connectivity index (χ3n) is 3.84. The van der Waals surface area contributed by atoms with E-state index in [1.807, 2.05) is 24.3 Å². The summed E-state index contributed by atoms with van der Waals surface area (Å²) in [4.78, 5) is 12.0. The second-order valence-electron chi connectivity index (χ2n) is 5.52. The molecule has 0 aliphatic carbocycles. The topological polar surface area (TPSA) is 59.8 Å². The smallest absolute Gasteiger partial charge is 0.230 e. The van der Waals surface area contributed by atoms with Gasteiger partial charge in [0.05, 0.1) is 5.75 Å². The molecule has 2 aromatic rings. The highest BCUT2D eigenvalue weighted by Crippen LogP contribution is 2.21. The quantitative estimate of drug-likeness (QED) is 0.842. The Morgan fingerprint density at radius 3 is 3.00 bits per heavy atom. The maximum absolute atomic E-state index is 12.0. The van der Waals surface area contributed by atoms with Crippen molar-refractivity contribution in [1.29, 1.82) is 0 Å². The van der Waals surface area contributed by atoms with E-state index in [1.165, 1.54) is 24.6 Å². The van der Waals surface area contributed by atoms with Gasteiger partial charge in [-0.3, -0.25) is 4.79 Å². The van der Waals surface area contributed by atoms with Crippen molar-refractivity contribution >= 4 is 29.3 Å². The zero-order valence-electron chi connectivity index (χ0n) is 12.8. The van der Waals surface area contributed by atoms with Crippen molar-refractivity contribution in [1.82, 2.24) is 20.1 Å². The number of aromatic nitrogens is 3. The molecule has 2 heterocycles. The zero-order chi connectivity index (χ0) is 16.1. The van der Waals surface area contributed by atoms with Crippen LogP contribution < -0.4 is 5.32 Å². The van der Waals surface area contributed by atoms with E-state index in [1.54, 1.807) is 0 Å². The third kappa shape index (κ3) is 4.26. The second-order valence-corrected chi connectivity index (χ2v) is 6.87. The van der Waals surface area contributed by atoms with E-state index in [0.717, 1.165) is 35.9 Å². The van der Waals surface area contributed by atoms with Crippen LogP contribution in [0.2, 0.25) is 5.02 Å². The number of halogens is 1. The van der Waals surface area contributed by atoms with Crippen LogP contribution in [0.15, 0.2) is 29.4 Å². The molecule has 1 N–H and O–H groups in total. The molecule has 3 rings (SSSR count). The summed E-state index contributed by atoms with van der Waals surface area (Å²) >= 11 is 7.53. The molecule has 0 bridgehead atoms. The molecule has 5 nitrogen and oxygen atoms in total. The van der Waals surface area contributed by atoms with Gasteiger partial charge in [-0.1, -0.05) is 48.0 Å². The van der Waals surface area contributed by atoms with E-state index in [-0.39, 0.29) is 5.91 Å². The summed E-state index contributed by atoms with van der Waals surface area (Å²) in [6.07, 6.45) is 4.52. The van der Waals surface area contributed by atoms with Crippen LogP contribution in [0.5, 0.6) is 0 Å². The molecule has 0 saturated carbocycles. The van der Waals surface area contributed by atoms with E-state index in [9.17, 15) is 4.79 Å². The number of hydrogen-bond donors (Lipinski definition) is 1. The minimum absolute atomic E-state index is 0.0270. The van der Waals surface area contributed by atoms with Gasteiger partial charge >= 0.3 is 0 Å². The van der Waals surface area contributed by atoms with Crippen molar-refractivity contribution in [2.75, 3.05) is 5.75 Å². The van der Waals surface area contributed by atoms with E-state index < -0.39 is 0 Å². The number of aryl methyl sites for hydroxylation is 1. The van der Waals surface area contributed by atoms with E-state index >= 15 is 0 Å². The number of hydrogen-bond acceptors (Lipinski definition) is 4. The summed E-state index contributed by atoms with van der Waals surface area (Å²) in [7, 11) is 0. The summed E-state index contributed by atoms with van der Waals surface area (Å²) < 4.78 is 2.15. The number of fused-ring (bicyclic) bond motifs is 1. The predicted octanol–water partition coefficient (Wildman–Crippen LogP) is 3.07. The fraction of sp³-hybridized carbons (Fsp3) is 0.438. The molecule has 1 aliphatic rings. The Hall–Kier alpha value is -1.53. The van der Waals surface area contributed by atoms with Crippen LogP contribution in [-0.4, -0.2) is 26.4 Å². The molecule has 0 radical (unpaired) electrons. The van der Waals surface area contributed by atoms with Crippen LogP contribution in [-0.2, 0) is 24.3 Å². The van der Waals surface area contributed by atoms with Gasteiger partial charge in [0.15, 0.2) is 5.16 Å². The summed E-state index contributed by atoms with van der Waals surface area (Å²) in [5, 5.41) is 12.9. The van der Waals surface area contributed by atoms with Crippen LogP contribution in [0.1, 0.15) is 30.7 Å². The molecule has 0 saturated heterocycles. The molecule has 0 atom stereocenters. The van der Waals surface area contributed by atoms with Gasteiger partial charge in [-0.15, -0.1) is 10.2 Å². The van der Waals surface area contributed by atoms with Crippen molar-refractivity contribution in [2.24, 2.45) is 0 Å². The van der Waals surface area contributed by atoms with Gasteiger partial charge in [0.25, 0.3) is 0 Å². The molecule has 1 amide bonds. The molecule has 0 spiro atoms. The van der Waals surface area contributed by atoms with Gasteiger partial charge in [0.2, 0.25) is 5.91 Å². The highest BCUT2D eigenvalue weighted by atomic mass is 35.5. The minimum Gasteiger partial charge on any atom is -0.351 e. The Morgan fingerprint density at radius 1 is 1.26 bits per heavy atom. The molecule has 1 aromatic heterocycles. The molecule has 1 aliphatic heterocycles. The minimum atomic E-state index is -0.0270. The van der Waals surface area contributed by atoms with Crippen molar-refractivity contribution in [3.63, 3.8) is 0 Å². The number of nitrogens with one attached hydrogen (secondary N) is 1. The lowest BCUT2D eigenvalue weighted by molar-refractivity contribution is -0.118. The average molecular weight is 351 g/mol. The number of nitrogens with zero attached hydrogens (tertiary/aromatic N) is 3. The normalized spacial score (nSPS) is 14.1. The number of rotatable bonds is 5. The number of carbonyl (C=O) groups is 1. The van der Waals surface area contributed by atoms with E-state index in [4.69, 9.17) is 11.6 Å². The van der Waals surface area contributed by atoms with Crippen molar-refractivity contribution in [3.05, 3.63) is 40.7 Å². The van der Waals surface area contributed by atoms with Crippen LogP contribution in [0, 0.1) is 0 Å². The first-order valence-corrected chi connectivity index (χ1v) is 9.15. The first-order chi connectivity index (χ1) is 11.2. The Labute approximate surface area is 144 Å². The van der Waals surface area contributed by atoms with Gasteiger partial charge < -0.3 is 9.88 Å². The van der Waals surface area contributed by atoms with Gasteiger partial charge in [0.1, 0.15) is 5.82 Å². The monoisotopic (exact) mass is 350 g/mol. The van der Waals surface area contributed by atoms with Gasteiger partial charge in [-0.05, 0) is 24.5 Å². The van der Waals surface area contributed by atoms with Crippen LogP contribution >= 0.6 is 23.4 Å². The van der Waals surface area contributed by atoms with Crippen molar-refractivity contribution in [2.45, 2.75) is 43.9 Å². The Kier molecular flexibility index (Phi) is 5.56. The summed E-state index contributed by atoms with van der Waals surface area (Å²) in [6, 6.07) is 7.52. The van der Waals surface area contributed by atoms with Crippen molar-refractivity contribution in [3.8, 4) is 0 Å². The van der Waals surface area contributed by atoms with Gasteiger partial charge in [-0.2, -0.15) is 0 Å². The molecular formula is C16H19ClN4OS. The number of carbonyl (C=O) groups excluding carboxylic acids is 1. The first-order valence-electron chi connectivity index (χ1n) is 7.79. The summed E-state index contributed by atoms with van der Waals surface area (Å²) in [5.41, 5.74) is 0.920. The highest BCUT2D eigenvalue weighted by Gasteiger charge is 2.16. The predicted molar refractivity (Wildman–Crippen MR) is 91.6 cm³/mol.